The maximum atomic E-state index is 12.4. The predicted octanol–water partition coefficient (Wildman–Crippen LogP) is 10.3. The van der Waals surface area contributed by atoms with Crippen molar-refractivity contribution < 1.29 is 13.9 Å². The van der Waals surface area contributed by atoms with Crippen LogP contribution in [0.4, 0.5) is 0 Å². The first-order chi connectivity index (χ1) is 18.5. The van der Waals surface area contributed by atoms with E-state index in [2.05, 4.69) is 51.2 Å². The number of amides is 1. The van der Waals surface area contributed by atoms with Gasteiger partial charge >= 0.3 is 0 Å². The zero-order chi connectivity index (χ0) is 27.4. The molecule has 1 aromatic carbocycles. The summed E-state index contributed by atoms with van der Waals surface area (Å²) in [7, 11) is 0. The maximum Gasteiger partial charge on any atom is 0.286 e. The number of unbranched alkanes of at least 4 members (excludes halogenated alkanes) is 15. The van der Waals surface area contributed by atoms with Crippen LogP contribution in [0.3, 0.4) is 0 Å². The number of hydrogen-bond acceptors (Lipinski definition) is 3. The van der Waals surface area contributed by atoms with Gasteiger partial charge < -0.3 is 14.5 Å². The fourth-order valence-corrected chi connectivity index (χ4v) is 4.93. The molecule has 2 aromatic rings. The van der Waals surface area contributed by atoms with Crippen molar-refractivity contribution in [3.8, 4) is 5.75 Å². The van der Waals surface area contributed by atoms with E-state index in [0.29, 0.717) is 30.6 Å². The maximum absolute atomic E-state index is 12.4. The Labute approximate surface area is 233 Å². The minimum Gasteiger partial charge on any atom is -0.485 e. The molecule has 2 rings (SSSR count). The fraction of sp³-hybridized carbons (Fsp3) is 0.676. The van der Waals surface area contributed by atoms with Gasteiger partial charge in [0, 0.05) is 6.54 Å². The molecule has 4 nitrogen and oxygen atoms in total. The van der Waals surface area contributed by atoms with E-state index in [-0.39, 0.29) is 5.91 Å². The fourth-order valence-electron chi connectivity index (χ4n) is 4.93. The Morgan fingerprint density at radius 1 is 0.789 bits per heavy atom. The first-order valence-corrected chi connectivity index (χ1v) is 15.6. The predicted molar refractivity (Wildman–Crippen MR) is 160 cm³/mol. The van der Waals surface area contributed by atoms with Crippen LogP contribution in [0, 0.1) is 6.92 Å². The van der Waals surface area contributed by atoms with Crippen LogP contribution >= 0.6 is 0 Å². The summed E-state index contributed by atoms with van der Waals surface area (Å²) in [4.78, 5) is 12.4. The zero-order valence-corrected chi connectivity index (χ0v) is 24.9. The lowest BCUT2D eigenvalue weighted by Crippen LogP contribution is -2.23. The summed E-state index contributed by atoms with van der Waals surface area (Å²) in [5.74, 6) is 2.14. The average molecular weight is 526 g/mol. The molecule has 4 heteroatoms. The van der Waals surface area contributed by atoms with Crippen molar-refractivity contribution in [2.45, 2.75) is 143 Å². The first-order valence-electron chi connectivity index (χ1n) is 15.6. The number of aryl methyl sites for hydroxylation is 1. The molecular formula is C34H55NO3. The molecule has 1 aromatic heterocycles. The number of carbonyl (C=O) groups excluding carboxylic acids is 1. The molecule has 0 spiro atoms. The van der Waals surface area contributed by atoms with Gasteiger partial charge in [-0.1, -0.05) is 129 Å². The highest BCUT2D eigenvalue weighted by Crippen LogP contribution is 2.28. The standard InChI is InChI=1S/C34H55NO3/c1-5-6-7-8-9-10-11-12-13-14-15-16-17-18-19-20-25-35-34(36)32-24-22-30(38-32)27-37-33-26-29(4)21-23-31(33)28(2)3/h21-24,26,28H,5-20,25,27H2,1-4H3,(H,35,36). The highest BCUT2D eigenvalue weighted by atomic mass is 16.5. The third kappa shape index (κ3) is 13.5. The Kier molecular flexibility index (Phi) is 16.7. The van der Waals surface area contributed by atoms with Gasteiger partial charge in [-0.3, -0.25) is 4.79 Å². The second kappa shape index (κ2) is 19.8. The van der Waals surface area contributed by atoms with Gasteiger partial charge in [-0.15, -0.1) is 0 Å². The second-order valence-corrected chi connectivity index (χ2v) is 11.3. The second-order valence-electron chi connectivity index (χ2n) is 11.3. The lowest BCUT2D eigenvalue weighted by molar-refractivity contribution is 0.0921. The number of benzene rings is 1. The van der Waals surface area contributed by atoms with Crippen molar-refractivity contribution in [3.05, 3.63) is 53.0 Å². The molecule has 0 unspecified atom stereocenters. The number of carbonyl (C=O) groups is 1. The smallest absolute Gasteiger partial charge is 0.286 e. The lowest BCUT2D eigenvalue weighted by Gasteiger charge is -2.14. The summed E-state index contributed by atoms with van der Waals surface area (Å²) in [5, 5.41) is 2.99. The minimum atomic E-state index is -0.143. The zero-order valence-electron chi connectivity index (χ0n) is 24.9. The molecule has 38 heavy (non-hydrogen) atoms. The molecule has 0 bridgehead atoms. The van der Waals surface area contributed by atoms with Crippen molar-refractivity contribution >= 4 is 5.91 Å². The molecule has 0 aliphatic rings. The Bertz CT molecular complexity index is 886. The third-order valence-corrected chi connectivity index (χ3v) is 7.36. The monoisotopic (exact) mass is 525 g/mol. The van der Waals surface area contributed by atoms with E-state index < -0.39 is 0 Å². The van der Waals surface area contributed by atoms with Gasteiger partial charge in [0.1, 0.15) is 18.1 Å². The molecule has 214 valence electrons. The van der Waals surface area contributed by atoms with Crippen molar-refractivity contribution in [1.29, 1.82) is 0 Å². The number of rotatable bonds is 22. The molecule has 0 saturated carbocycles. The summed E-state index contributed by atoms with van der Waals surface area (Å²) in [6, 6.07) is 9.85. The van der Waals surface area contributed by atoms with Crippen LogP contribution < -0.4 is 10.1 Å². The van der Waals surface area contributed by atoms with E-state index in [1.165, 1.54) is 102 Å². The van der Waals surface area contributed by atoms with Crippen molar-refractivity contribution in [3.63, 3.8) is 0 Å². The molecule has 0 fully saturated rings. The van der Waals surface area contributed by atoms with Crippen LogP contribution in [0.1, 0.15) is 157 Å². The van der Waals surface area contributed by atoms with Crippen molar-refractivity contribution in [2.24, 2.45) is 0 Å². The van der Waals surface area contributed by atoms with Crippen LogP contribution in [0.5, 0.6) is 5.75 Å². The summed E-state index contributed by atoms with van der Waals surface area (Å²) >= 11 is 0. The normalized spacial score (nSPS) is 11.3. The molecule has 1 heterocycles. The van der Waals surface area contributed by atoms with E-state index in [0.717, 1.165) is 17.7 Å². The van der Waals surface area contributed by atoms with E-state index in [9.17, 15) is 4.79 Å². The SMILES string of the molecule is CCCCCCCCCCCCCCCCCCNC(=O)c1ccc(COc2cc(C)ccc2C(C)C)o1. The van der Waals surface area contributed by atoms with Crippen molar-refractivity contribution in [1.82, 2.24) is 5.32 Å². The highest BCUT2D eigenvalue weighted by molar-refractivity contribution is 5.91. The van der Waals surface area contributed by atoms with Gasteiger partial charge in [0.25, 0.3) is 5.91 Å². The number of ether oxygens (including phenoxy) is 1. The summed E-state index contributed by atoms with van der Waals surface area (Å²) in [6.45, 7) is 9.68. The Balaban J connectivity index is 1.47. The van der Waals surface area contributed by atoms with Gasteiger partial charge in [0.2, 0.25) is 0 Å². The van der Waals surface area contributed by atoms with Gasteiger partial charge in [-0.2, -0.15) is 0 Å². The largest absolute Gasteiger partial charge is 0.485 e. The summed E-state index contributed by atoms with van der Waals surface area (Å²) in [5.41, 5.74) is 2.34. The number of nitrogens with one attached hydrogen (secondary N) is 1. The molecular weight excluding hydrogens is 470 g/mol. The molecule has 0 radical (unpaired) electrons. The minimum absolute atomic E-state index is 0.143. The van der Waals surface area contributed by atoms with E-state index in [4.69, 9.17) is 9.15 Å². The molecule has 1 amide bonds. The van der Waals surface area contributed by atoms with Crippen LogP contribution in [-0.2, 0) is 6.61 Å². The Hall–Kier alpha value is -2.23. The molecule has 0 aliphatic heterocycles. The quantitative estimate of drug-likeness (QED) is 0.156. The average Bonchev–Trinajstić information content (AvgIpc) is 3.38. The van der Waals surface area contributed by atoms with Crippen molar-refractivity contribution in [2.75, 3.05) is 6.54 Å². The topological polar surface area (TPSA) is 51.5 Å². The van der Waals surface area contributed by atoms with Gasteiger partial charge in [0.15, 0.2) is 5.76 Å². The van der Waals surface area contributed by atoms with E-state index >= 15 is 0 Å². The van der Waals surface area contributed by atoms with Gasteiger partial charge in [-0.25, -0.2) is 0 Å². The number of hydrogen-bond donors (Lipinski definition) is 1. The molecule has 0 atom stereocenters. The van der Waals surface area contributed by atoms with E-state index in [1.807, 2.05) is 6.07 Å². The van der Waals surface area contributed by atoms with Crippen LogP contribution in [0.25, 0.3) is 0 Å². The third-order valence-electron chi connectivity index (χ3n) is 7.36. The highest BCUT2D eigenvalue weighted by Gasteiger charge is 2.13. The Morgan fingerprint density at radius 2 is 1.34 bits per heavy atom. The van der Waals surface area contributed by atoms with Crippen LogP contribution in [0.15, 0.2) is 34.7 Å². The first kappa shape index (κ1) is 32.0. The molecule has 1 N–H and O–H groups in total. The van der Waals surface area contributed by atoms with Crippen LogP contribution in [0.2, 0.25) is 0 Å². The number of furan rings is 1. The lowest BCUT2D eigenvalue weighted by atomic mass is 10.0. The summed E-state index contributed by atoms with van der Waals surface area (Å²) < 4.78 is 11.8. The van der Waals surface area contributed by atoms with Gasteiger partial charge in [-0.05, 0) is 48.6 Å². The summed E-state index contributed by atoms with van der Waals surface area (Å²) in [6.07, 6.45) is 21.6. The van der Waals surface area contributed by atoms with Crippen LogP contribution in [-0.4, -0.2) is 12.5 Å². The van der Waals surface area contributed by atoms with Gasteiger partial charge in [0.05, 0.1) is 0 Å². The Morgan fingerprint density at radius 3 is 1.89 bits per heavy atom. The van der Waals surface area contributed by atoms with E-state index in [1.54, 1.807) is 6.07 Å². The molecule has 0 saturated heterocycles. The molecule has 0 aliphatic carbocycles.